The first-order valence-electron chi connectivity index (χ1n) is 6.29. The summed E-state index contributed by atoms with van der Waals surface area (Å²) >= 11 is 0. The lowest BCUT2D eigenvalue weighted by Crippen LogP contribution is -2.20. The topological polar surface area (TPSA) is 24.9 Å². The number of hydrogen-bond acceptors (Lipinski definition) is 2. The van der Waals surface area contributed by atoms with E-state index in [-0.39, 0.29) is 6.04 Å². The Morgan fingerprint density at radius 3 is 2.72 bits per heavy atom. The summed E-state index contributed by atoms with van der Waals surface area (Å²) in [6.45, 7) is 2.04. The molecule has 1 aliphatic rings. The zero-order valence-electron chi connectivity index (χ0n) is 10.3. The number of anilines is 1. The molecule has 2 nitrogen and oxygen atoms in total. The highest BCUT2D eigenvalue weighted by Gasteiger charge is 2.31. The number of rotatable bonds is 5. The normalized spacial score (nSPS) is 17.6. The maximum absolute atomic E-state index is 12.6. The predicted octanol–water partition coefficient (Wildman–Crippen LogP) is 4.09. The van der Waals surface area contributed by atoms with Gasteiger partial charge >= 0.3 is 6.18 Å². The average Bonchev–Trinajstić information content (AvgIpc) is 3.11. The average molecular weight is 258 g/mol. The molecular weight excluding hydrogens is 241 g/mol. The van der Waals surface area contributed by atoms with Crippen molar-refractivity contribution in [2.45, 2.75) is 44.8 Å². The third-order valence-corrected chi connectivity index (χ3v) is 3.25. The van der Waals surface area contributed by atoms with E-state index in [2.05, 4.69) is 10.3 Å². The molecule has 0 radical (unpaired) electrons. The van der Waals surface area contributed by atoms with Crippen molar-refractivity contribution in [3.05, 3.63) is 23.9 Å². The van der Waals surface area contributed by atoms with Gasteiger partial charge in [0.05, 0.1) is 5.56 Å². The molecule has 0 bridgehead atoms. The van der Waals surface area contributed by atoms with E-state index in [1.165, 1.54) is 19.0 Å². The number of alkyl halides is 3. The molecule has 0 amide bonds. The molecule has 1 aliphatic carbocycles. The van der Waals surface area contributed by atoms with Crippen LogP contribution in [0.25, 0.3) is 0 Å². The van der Waals surface area contributed by atoms with Crippen molar-refractivity contribution < 1.29 is 13.2 Å². The zero-order chi connectivity index (χ0) is 13.2. The van der Waals surface area contributed by atoms with Gasteiger partial charge in [0, 0.05) is 12.2 Å². The Labute approximate surface area is 105 Å². The monoisotopic (exact) mass is 258 g/mol. The standard InChI is InChI=1S/C13H17F3N2/c1-2-11(7-9-3-4-9)18-12-8-10(5-6-17-12)13(14,15)16/h5-6,8-9,11H,2-4,7H2,1H3,(H,17,18). The minimum absolute atomic E-state index is 0.216. The Morgan fingerprint density at radius 1 is 1.44 bits per heavy atom. The number of nitrogens with zero attached hydrogens (tertiary/aromatic N) is 1. The predicted molar refractivity (Wildman–Crippen MR) is 64.3 cm³/mol. The van der Waals surface area contributed by atoms with Crippen molar-refractivity contribution >= 4 is 5.82 Å². The summed E-state index contributed by atoms with van der Waals surface area (Å²) < 4.78 is 37.7. The Balaban J connectivity index is 2.03. The first kappa shape index (κ1) is 13.2. The van der Waals surface area contributed by atoms with E-state index < -0.39 is 11.7 Å². The molecule has 0 saturated heterocycles. The van der Waals surface area contributed by atoms with E-state index >= 15 is 0 Å². The summed E-state index contributed by atoms with van der Waals surface area (Å²) in [5.74, 6) is 1.06. The summed E-state index contributed by atoms with van der Waals surface area (Å²) in [5.41, 5.74) is -0.652. The molecule has 0 aromatic carbocycles. The lowest BCUT2D eigenvalue weighted by Gasteiger charge is -2.18. The second-order valence-electron chi connectivity index (χ2n) is 4.86. The van der Waals surface area contributed by atoms with Gasteiger partial charge in [-0.1, -0.05) is 19.8 Å². The number of hydrogen-bond donors (Lipinski definition) is 1. The van der Waals surface area contributed by atoms with Crippen molar-refractivity contribution in [3.63, 3.8) is 0 Å². The highest BCUT2D eigenvalue weighted by Crippen LogP contribution is 2.35. The molecule has 1 unspecified atom stereocenters. The van der Waals surface area contributed by atoms with Gasteiger partial charge in [0.25, 0.3) is 0 Å². The summed E-state index contributed by atoms with van der Waals surface area (Å²) in [6.07, 6.45) is 1.30. The van der Waals surface area contributed by atoms with Crippen LogP contribution in [0.3, 0.4) is 0 Å². The van der Waals surface area contributed by atoms with Crippen molar-refractivity contribution in [2.24, 2.45) is 5.92 Å². The summed E-state index contributed by atoms with van der Waals surface area (Å²) in [6, 6.07) is 2.29. The molecule has 1 aromatic rings. The van der Waals surface area contributed by atoms with Crippen molar-refractivity contribution in [3.8, 4) is 0 Å². The fourth-order valence-electron chi connectivity index (χ4n) is 1.98. The van der Waals surface area contributed by atoms with Crippen molar-refractivity contribution in [2.75, 3.05) is 5.32 Å². The fraction of sp³-hybridized carbons (Fsp3) is 0.615. The van der Waals surface area contributed by atoms with Gasteiger partial charge in [-0.15, -0.1) is 0 Å². The Bertz CT molecular complexity index is 399. The third-order valence-electron chi connectivity index (χ3n) is 3.25. The molecule has 1 heterocycles. The quantitative estimate of drug-likeness (QED) is 0.860. The van der Waals surface area contributed by atoms with Crippen LogP contribution in [0, 0.1) is 5.92 Å². The third kappa shape index (κ3) is 3.62. The molecule has 5 heteroatoms. The van der Waals surface area contributed by atoms with E-state index in [0.29, 0.717) is 5.82 Å². The molecule has 1 aromatic heterocycles. The highest BCUT2D eigenvalue weighted by molar-refractivity contribution is 5.39. The van der Waals surface area contributed by atoms with E-state index in [4.69, 9.17) is 0 Å². The van der Waals surface area contributed by atoms with Gasteiger partial charge in [-0.2, -0.15) is 13.2 Å². The molecule has 100 valence electrons. The molecule has 0 aliphatic heterocycles. The maximum Gasteiger partial charge on any atom is 0.416 e. The highest BCUT2D eigenvalue weighted by atomic mass is 19.4. The number of aromatic nitrogens is 1. The minimum atomic E-state index is -4.31. The van der Waals surface area contributed by atoms with E-state index in [1.54, 1.807) is 0 Å². The lowest BCUT2D eigenvalue weighted by atomic mass is 10.1. The minimum Gasteiger partial charge on any atom is -0.367 e. The van der Waals surface area contributed by atoms with Crippen LogP contribution in [-0.2, 0) is 6.18 Å². The first-order valence-corrected chi connectivity index (χ1v) is 6.29. The van der Waals surface area contributed by atoms with Crippen LogP contribution < -0.4 is 5.32 Å². The van der Waals surface area contributed by atoms with E-state index in [0.717, 1.165) is 30.9 Å². The fourth-order valence-corrected chi connectivity index (χ4v) is 1.98. The first-order chi connectivity index (χ1) is 8.49. The van der Waals surface area contributed by atoms with Gasteiger partial charge in [-0.25, -0.2) is 4.98 Å². The van der Waals surface area contributed by atoms with Crippen LogP contribution in [0.4, 0.5) is 19.0 Å². The number of pyridine rings is 1. The molecule has 1 atom stereocenters. The van der Waals surface area contributed by atoms with Gasteiger partial charge in [-0.3, -0.25) is 0 Å². The lowest BCUT2D eigenvalue weighted by molar-refractivity contribution is -0.137. The Morgan fingerprint density at radius 2 is 2.17 bits per heavy atom. The molecule has 18 heavy (non-hydrogen) atoms. The SMILES string of the molecule is CCC(CC1CC1)Nc1cc(C(F)(F)F)ccn1. The van der Waals surface area contributed by atoms with Gasteiger partial charge in [0.2, 0.25) is 0 Å². The second-order valence-corrected chi connectivity index (χ2v) is 4.86. The molecule has 2 rings (SSSR count). The van der Waals surface area contributed by atoms with Crippen molar-refractivity contribution in [1.29, 1.82) is 0 Å². The van der Waals surface area contributed by atoms with Gasteiger partial charge < -0.3 is 5.32 Å². The van der Waals surface area contributed by atoms with Crippen LogP contribution in [0.5, 0.6) is 0 Å². The molecule has 1 N–H and O–H groups in total. The maximum atomic E-state index is 12.6. The summed E-state index contributed by atoms with van der Waals surface area (Å²) in [4.78, 5) is 3.96. The number of halogens is 3. The van der Waals surface area contributed by atoms with Gasteiger partial charge in [0.15, 0.2) is 0 Å². The van der Waals surface area contributed by atoms with E-state index in [1.807, 2.05) is 6.92 Å². The van der Waals surface area contributed by atoms with Crippen LogP contribution in [0.2, 0.25) is 0 Å². The molecular formula is C13H17F3N2. The summed E-state index contributed by atoms with van der Waals surface area (Å²) in [5, 5.41) is 3.10. The Kier molecular flexibility index (Phi) is 3.78. The van der Waals surface area contributed by atoms with Gasteiger partial charge in [-0.05, 0) is 30.9 Å². The molecule has 1 fully saturated rings. The van der Waals surface area contributed by atoms with Crippen LogP contribution in [0.15, 0.2) is 18.3 Å². The van der Waals surface area contributed by atoms with Crippen molar-refractivity contribution in [1.82, 2.24) is 4.98 Å². The largest absolute Gasteiger partial charge is 0.416 e. The van der Waals surface area contributed by atoms with Crippen LogP contribution in [-0.4, -0.2) is 11.0 Å². The van der Waals surface area contributed by atoms with Crippen LogP contribution >= 0.6 is 0 Å². The zero-order valence-corrected chi connectivity index (χ0v) is 10.3. The molecule has 0 spiro atoms. The number of nitrogens with one attached hydrogen (secondary N) is 1. The smallest absolute Gasteiger partial charge is 0.367 e. The molecule has 1 saturated carbocycles. The van der Waals surface area contributed by atoms with Crippen LogP contribution in [0.1, 0.15) is 38.2 Å². The summed E-state index contributed by atoms with van der Waals surface area (Å²) in [7, 11) is 0. The Hall–Kier alpha value is -1.26. The second kappa shape index (κ2) is 5.16. The van der Waals surface area contributed by atoms with E-state index in [9.17, 15) is 13.2 Å². The van der Waals surface area contributed by atoms with Gasteiger partial charge in [0.1, 0.15) is 5.82 Å².